The number of sulfonamides is 1. The predicted molar refractivity (Wildman–Crippen MR) is 90.5 cm³/mol. The van der Waals surface area contributed by atoms with Gasteiger partial charge in [0, 0.05) is 22.6 Å². The second kappa shape index (κ2) is 7.27. The first-order valence-electron chi connectivity index (χ1n) is 6.58. The zero-order valence-electron chi connectivity index (χ0n) is 12.0. The lowest BCUT2D eigenvalue weighted by molar-refractivity contribution is 0.0932. The molecule has 1 fully saturated rings. The Balaban J connectivity index is 0.00000242. The summed E-state index contributed by atoms with van der Waals surface area (Å²) in [6.07, 6.45) is 2.12. The SMILES string of the molecule is Cc1c(C(=O)NC(CN)C2CC2)cc(Br)cc1S(N)(=O)=O.Cl. The number of hydrogen-bond acceptors (Lipinski definition) is 4. The summed E-state index contributed by atoms with van der Waals surface area (Å²) in [5, 5.41) is 8.05. The molecule has 1 aliphatic rings. The molecular formula is C13H19BrClN3O3S. The van der Waals surface area contributed by atoms with Crippen molar-refractivity contribution in [2.75, 3.05) is 6.54 Å². The number of nitrogens with one attached hydrogen (secondary N) is 1. The Kier molecular flexibility index (Phi) is 6.40. The van der Waals surface area contributed by atoms with Crippen molar-refractivity contribution < 1.29 is 13.2 Å². The van der Waals surface area contributed by atoms with E-state index in [4.69, 9.17) is 10.9 Å². The van der Waals surface area contributed by atoms with Crippen LogP contribution in [-0.2, 0) is 10.0 Å². The molecule has 1 saturated carbocycles. The Bertz CT molecular complexity index is 677. The maximum atomic E-state index is 12.4. The van der Waals surface area contributed by atoms with E-state index in [0.29, 0.717) is 22.5 Å². The standard InChI is InChI=1S/C13H18BrN3O3S.ClH/c1-7-10(4-9(14)5-12(7)21(16,19)20)13(18)17-11(6-15)8-2-3-8;/h4-5,8,11H,2-3,6,15H2,1H3,(H,17,18)(H2,16,19,20);1H. The van der Waals surface area contributed by atoms with Crippen LogP contribution in [0.25, 0.3) is 0 Å². The summed E-state index contributed by atoms with van der Waals surface area (Å²) >= 11 is 3.21. The molecule has 0 heterocycles. The summed E-state index contributed by atoms with van der Waals surface area (Å²) in [5.74, 6) is 0.0881. The molecule has 22 heavy (non-hydrogen) atoms. The summed E-state index contributed by atoms with van der Waals surface area (Å²) in [4.78, 5) is 12.3. The number of halogens is 2. The van der Waals surface area contributed by atoms with Crippen LogP contribution in [0.4, 0.5) is 0 Å². The van der Waals surface area contributed by atoms with E-state index in [-0.39, 0.29) is 34.8 Å². The Labute approximate surface area is 144 Å². The van der Waals surface area contributed by atoms with Gasteiger partial charge in [-0.15, -0.1) is 12.4 Å². The van der Waals surface area contributed by atoms with Crippen molar-refractivity contribution in [3.63, 3.8) is 0 Å². The van der Waals surface area contributed by atoms with Gasteiger partial charge in [0.15, 0.2) is 0 Å². The van der Waals surface area contributed by atoms with Gasteiger partial charge in [0.2, 0.25) is 10.0 Å². The Morgan fingerprint density at radius 3 is 2.50 bits per heavy atom. The Morgan fingerprint density at radius 1 is 1.45 bits per heavy atom. The third-order valence-electron chi connectivity index (χ3n) is 3.64. The van der Waals surface area contributed by atoms with Crippen LogP contribution in [0.1, 0.15) is 28.8 Å². The number of primary sulfonamides is 1. The third-order valence-corrected chi connectivity index (χ3v) is 5.13. The van der Waals surface area contributed by atoms with Gasteiger partial charge in [0.1, 0.15) is 0 Å². The Hall–Kier alpha value is -0.670. The number of amides is 1. The van der Waals surface area contributed by atoms with Crippen molar-refractivity contribution in [2.24, 2.45) is 16.8 Å². The van der Waals surface area contributed by atoms with Crippen molar-refractivity contribution in [2.45, 2.75) is 30.7 Å². The first-order chi connectivity index (χ1) is 9.74. The quantitative estimate of drug-likeness (QED) is 0.676. The molecule has 1 aromatic rings. The molecule has 1 aliphatic carbocycles. The molecule has 0 aromatic heterocycles. The molecule has 1 aromatic carbocycles. The minimum atomic E-state index is -3.88. The number of hydrogen-bond donors (Lipinski definition) is 3. The maximum absolute atomic E-state index is 12.4. The van der Waals surface area contributed by atoms with Crippen LogP contribution in [-0.4, -0.2) is 26.9 Å². The highest BCUT2D eigenvalue weighted by molar-refractivity contribution is 9.10. The molecule has 1 amide bonds. The topological polar surface area (TPSA) is 115 Å². The summed E-state index contributed by atoms with van der Waals surface area (Å²) in [6.45, 7) is 1.93. The van der Waals surface area contributed by atoms with Crippen molar-refractivity contribution in [3.05, 3.63) is 27.7 Å². The molecule has 0 spiro atoms. The van der Waals surface area contributed by atoms with Gasteiger partial charge in [0.05, 0.1) is 4.90 Å². The van der Waals surface area contributed by atoms with Gasteiger partial charge in [-0.25, -0.2) is 13.6 Å². The van der Waals surface area contributed by atoms with Crippen molar-refractivity contribution in [3.8, 4) is 0 Å². The normalized spacial score (nSPS) is 15.8. The lowest BCUT2D eigenvalue weighted by Gasteiger charge is -2.18. The molecule has 5 N–H and O–H groups in total. The molecule has 0 saturated heterocycles. The van der Waals surface area contributed by atoms with E-state index in [2.05, 4.69) is 21.2 Å². The van der Waals surface area contributed by atoms with Gasteiger partial charge in [-0.05, 0) is 43.4 Å². The molecule has 0 radical (unpaired) electrons. The average molecular weight is 413 g/mol. The summed E-state index contributed by atoms with van der Waals surface area (Å²) in [7, 11) is -3.88. The molecule has 0 bridgehead atoms. The Morgan fingerprint density at radius 2 is 2.05 bits per heavy atom. The van der Waals surface area contributed by atoms with Crippen molar-refractivity contribution >= 4 is 44.3 Å². The fraction of sp³-hybridized carbons (Fsp3) is 0.462. The largest absolute Gasteiger partial charge is 0.348 e. The van der Waals surface area contributed by atoms with Crippen LogP contribution < -0.4 is 16.2 Å². The van der Waals surface area contributed by atoms with Crippen molar-refractivity contribution in [1.29, 1.82) is 0 Å². The van der Waals surface area contributed by atoms with Gasteiger partial charge in [-0.1, -0.05) is 15.9 Å². The molecule has 124 valence electrons. The zero-order valence-corrected chi connectivity index (χ0v) is 15.2. The molecule has 2 rings (SSSR count). The van der Waals surface area contributed by atoms with Crippen molar-refractivity contribution in [1.82, 2.24) is 5.32 Å². The van der Waals surface area contributed by atoms with Crippen LogP contribution in [0.2, 0.25) is 0 Å². The maximum Gasteiger partial charge on any atom is 0.251 e. The monoisotopic (exact) mass is 411 g/mol. The van der Waals surface area contributed by atoms with Gasteiger partial charge in [0.25, 0.3) is 5.91 Å². The summed E-state index contributed by atoms with van der Waals surface area (Å²) in [5.41, 5.74) is 6.29. The summed E-state index contributed by atoms with van der Waals surface area (Å²) < 4.78 is 23.6. The number of nitrogens with two attached hydrogens (primary N) is 2. The third kappa shape index (κ3) is 4.42. The molecule has 9 heteroatoms. The minimum absolute atomic E-state index is 0. The highest BCUT2D eigenvalue weighted by Crippen LogP contribution is 2.32. The van der Waals surface area contributed by atoms with E-state index in [9.17, 15) is 13.2 Å². The van der Waals surface area contributed by atoms with E-state index in [1.54, 1.807) is 13.0 Å². The average Bonchev–Trinajstić information content (AvgIpc) is 3.21. The van der Waals surface area contributed by atoms with Crippen LogP contribution in [0.15, 0.2) is 21.5 Å². The van der Waals surface area contributed by atoms with E-state index in [1.165, 1.54) is 6.07 Å². The fourth-order valence-electron chi connectivity index (χ4n) is 2.30. The summed E-state index contributed by atoms with van der Waals surface area (Å²) in [6, 6.07) is 2.90. The highest BCUT2D eigenvalue weighted by Gasteiger charge is 2.32. The van der Waals surface area contributed by atoms with E-state index < -0.39 is 10.0 Å². The number of carbonyl (C=O) groups excluding carboxylic acids is 1. The fourth-order valence-corrected chi connectivity index (χ4v) is 3.74. The second-order valence-corrected chi connectivity index (χ2v) is 7.72. The first-order valence-corrected chi connectivity index (χ1v) is 8.92. The van der Waals surface area contributed by atoms with Gasteiger partial charge in [-0.2, -0.15) is 0 Å². The van der Waals surface area contributed by atoms with Gasteiger partial charge in [-0.3, -0.25) is 4.79 Å². The first kappa shape index (κ1) is 19.4. The van der Waals surface area contributed by atoms with Crippen LogP contribution in [0.3, 0.4) is 0 Å². The smallest absolute Gasteiger partial charge is 0.251 e. The molecule has 1 unspecified atom stereocenters. The molecule has 6 nitrogen and oxygen atoms in total. The second-order valence-electron chi connectivity index (χ2n) is 5.27. The lowest BCUT2D eigenvalue weighted by Crippen LogP contribution is -2.42. The van der Waals surface area contributed by atoms with Crippen LogP contribution >= 0.6 is 28.3 Å². The van der Waals surface area contributed by atoms with E-state index in [0.717, 1.165) is 12.8 Å². The number of rotatable bonds is 5. The predicted octanol–water partition coefficient (Wildman–Crippen LogP) is 1.29. The lowest BCUT2D eigenvalue weighted by atomic mass is 10.1. The molecule has 0 aliphatic heterocycles. The highest BCUT2D eigenvalue weighted by atomic mass is 79.9. The van der Waals surface area contributed by atoms with Gasteiger partial charge >= 0.3 is 0 Å². The van der Waals surface area contributed by atoms with E-state index in [1.807, 2.05) is 0 Å². The zero-order chi connectivity index (χ0) is 15.8. The molecular weight excluding hydrogens is 394 g/mol. The minimum Gasteiger partial charge on any atom is -0.348 e. The number of benzene rings is 1. The number of carbonyl (C=O) groups is 1. The van der Waals surface area contributed by atoms with Gasteiger partial charge < -0.3 is 11.1 Å². The molecule has 1 atom stereocenters. The van der Waals surface area contributed by atoms with E-state index >= 15 is 0 Å². The van der Waals surface area contributed by atoms with Crippen LogP contribution in [0.5, 0.6) is 0 Å². The van der Waals surface area contributed by atoms with Crippen LogP contribution in [0, 0.1) is 12.8 Å².